The molecule has 0 aliphatic rings. The summed E-state index contributed by atoms with van der Waals surface area (Å²) in [5, 5.41) is 9.91. The molecule has 0 atom stereocenters. The van der Waals surface area contributed by atoms with Crippen LogP contribution in [0.15, 0.2) is 11.4 Å². The normalized spacial score (nSPS) is 11.8. The molecule has 2 heterocycles. The summed E-state index contributed by atoms with van der Waals surface area (Å²) in [6, 6.07) is 2.09. The van der Waals surface area contributed by atoms with E-state index in [1.165, 1.54) is 0 Å². The fraction of sp³-hybridized carbons (Fsp3) is 0.600. The van der Waals surface area contributed by atoms with Gasteiger partial charge in [-0.25, -0.2) is 4.98 Å². The monoisotopic (exact) mass is 292 g/mol. The predicted octanol–water partition coefficient (Wildman–Crippen LogP) is 4.36. The molecule has 0 spiro atoms. The van der Waals surface area contributed by atoms with E-state index < -0.39 is 0 Å². The van der Waals surface area contributed by atoms with Gasteiger partial charge in [0.2, 0.25) is 5.95 Å². The quantitative estimate of drug-likeness (QED) is 0.830. The van der Waals surface area contributed by atoms with Crippen molar-refractivity contribution in [2.24, 2.45) is 5.41 Å². The third-order valence-electron chi connectivity index (χ3n) is 3.03. The van der Waals surface area contributed by atoms with E-state index in [-0.39, 0.29) is 0 Å². The highest BCUT2D eigenvalue weighted by Crippen LogP contribution is 2.27. The summed E-state index contributed by atoms with van der Waals surface area (Å²) in [5.41, 5.74) is 0.330. The maximum atomic E-state index is 4.60. The topological polar surface area (TPSA) is 49.8 Å². The van der Waals surface area contributed by atoms with Gasteiger partial charge in [0.15, 0.2) is 0 Å². The van der Waals surface area contributed by atoms with Crippen molar-refractivity contribution in [3.63, 3.8) is 0 Å². The first-order chi connectivity index (χ1) is 9.49. The summed E-state index contributed by atoms with van der Waals surface area (Å²) < 4.78 is 0. The molecule has 0 aromatic carbocycles. The van der Waals surface area contributed by atoms with Gasteiger partial charge in [-0.3, -0.25) is 0 Å². The largest absolute Gasteiger partial charge is 0.369 e. The van der Waals surface area contributed by atoms with E-state index in [1.807, 2.05) is 0 Å². The Morgan fingerprint density at radius 3 is 2.65 bits per heavy atom. The van der Waals surface area contributed by atoms with E-state index in [0.29, 0.717) is 5.41 Å². The standard InChI is InChI=1S/C15H24N4S/c1-5-8-17-14-18-12(16-9-7-15(2,3)4)11-6-10-20-13(11)19-14/h6,10H,5,7-9H2,1-4H3,(H2,16,17,18,19). The van der Waals surface area contributed by atoms with Gasteiger partial charge in [0, 0.05) is 13.1 Å². The van der Waals surface area contributed by atoms with Gasteiger partial charge in [0.25, 0.3) is 0 Å². The third kappa shape index (κ3) is 4.07. The molecule has 5 heteroatoms. The number of nitrogens with one attached hydrogen (secondary N) is 2. The molecular weight excluding hydrogens is 268 g/mol. The van der Waals surface area contributed by atoms with Crippen molar-refractivity contribution in [3.8, 4) is 0 Å². The van der Waals surface area contributed by atoms with Crippen LogP contribution in [0.5, 0.6) is 0 Å². The summed E-state index contributed by atoms with van der Waals surface area (Å²) in [5.74, 6) is 1.67. The van der Waals surface area contributed by atoms with E-state index in [4.69, 9.17) is 0 Å². The Bertz CT molecular complexity index is 556. The maximum absolute atomic E-state index is 4.60. The smallest absolute Gasteiger partial charge is 0.226 e. The van der Waals surface area contributed by atoms with Gasteiger partial charge in [-0.15, -0.1) is 11.3 Å². The number of nitrogens with zero attached hydrogens (tertiary/aromatic N) is 2. The number of thiophene rings is 1. The lowest BCUT2D eigenvalue weighted by atomic mass is 9.92. The summed E-state index contributed by atoms with van der Waals surface area (Å²) >= 11 is 1.66. The molecule has 2 N–H and O–H groups in total. The van der Waals surface area contributed by atoms with Crippen molar-refractivity contribution < 1.29 is 0 Å². The average Bonchev–Trinajstić information content (AvgIpc) is 2.83. The lowest BCUT2D eigenvalue weighted by molar-refractivity contribution is 0.389. The van der Waals surface area contributed by atoms with Crippen LogP contribution in [-0.2, 0) is 0 Å². The fourth-order valence-electron chi connectivity index (χ4n) is 1.86. The number of fused-ring (bicyclic) bond motifs is 1. The average molecular weight is 292 g/mol. The van der Waals surface area contributed by atoms with Crippen LogP contribution in [0.25, 0.3) is 10.2 Å². The molecule has 0 bridgehead atoms. The summed E-state index contributed by atoms with van der Waals surface area (Å²) in [6.07, 6.45) is 2.18. The van der Waals surface area contributed by atoms with Crippen molar-refractivity contribution in [1.82, 2.24) is 9.97 Å². The van der Waals surface area contributed by atoms with E-state index in [1.54, 1.807) is 11.3 Å². The Morgan fingerprint density at radius 1 is 1.15 bits per heavy atom. The van der Waals surface area contributed by atoms with Crippen LogP contribution < -0.4 is 10.6 Å². The van der Waals surface area contributed by atoms with E-state index in [0.717, 1.165) is 47.9 Å². The number of hydrogen-bond donors (Lipinski definition) is 2. The first kappa shape index (κ1) is 15.0. The first-order valence-electron chi connectivity index (χ1n) is 7.22. The van der Waals surface area contributed by atoms with Gasteiger partial charge in [0.05, 0.1) is 5.39 Å². The zero-order valence-corrected chi connectivity index (χ0v) is 13.6. The first-order valence-corrected chi connectivity index (χ1v) is 8.10. The molecule has 0 saturated carbocycles. The summed E-state index contributed by atoms with van der Waals surface area (Å²) in [4.78, 5) is 10.2. The highest BCUT2D eigenvalue weighted by atomic mass is 32.1. The molecule has 2 aromatic heterocycles. The summed E-state index contributed by atoms with van der Waals surface area (Å²) in [6.45, 7) is 10.7. The third-order valence-corrected chi connectivity index (χ3v) is 3.83. The Morgan fingerprint density at radius 2 is 1.95 bits per heavy atom. The van der Waals surface area contributed by atoms with Crippen LogP contribution in [0.1, 0.15) is 40.5 Å². The van der Waals surface area contributed by atoms with E-state index in [2.05, 4.69) is 59.7 Å². The SMILES string of the molecule is CCCNc1nc(NCCC(C)(C)C)c2ccsc2n1. The van der Waals surface area contributed by atoms with Crippen LogP contribution >= 0.6 is 11.3 Å². The van der Waals surface area contributed by atoms with Gasteiger partial charge >= 0.3 is 0 Å². The fourth-order valence-corrected chi connectivity index (χ4v) is 2.63. The molecule has 0 aliphatic carbocycles. The minimum atomic E-state index is 0.330. The van der Waals surface area contributed by atoms with Crippen molar-refractivity contribution in [3.05, 3.63) is 11.4 Å². The van der Waals surface area contributed by atoms with E-state index in [9.17, 15) is 0 Å². The molecule has 0 unspecified atom stereocenters. The van der Waals surface area contributed by atoms with Crippen LogP contribution in [0.3, 0.4) is 0 Å². The molecule has 0 saturated heterocycles. The number of anilines is 2. The van der Waals surface area contributed by atoms with Crippen LogP contribution in [0.4, 0.5) is 11.8 Å². The van der Waals surface area contributed by atoms with Gasteiger partial charge in [-0.1, -0.05) is 27.7 Å². The molecule has 110 valence electrons. The van der Waals surface area contributed by atoms with Gasteiger partial charge in [0.1, 0.15) is 10.6 Å². The Kier molecular flexibility index (Phi) is 4.81. The Balaban J connectivity index is 2.15. The summed E-state index contributed by atoms with van der Waals surface area (Å²) in [7, 11) is 0. The van der Waals surface area contributed by atoms with Crippen molar-refractivity contribution in [2.75, 3.05) is 23.7 Å². The minimum Gasteiger partial charge on any atom is -0.369 e. The molecular formula is C15H24N4S. The zero-order valence-electron chi connectivity index (χ0n) is 12.8. The van der Waals surface area contributed by atoms with Crippen LogP contribution in [0.2, 0.25) is 0 Å². The molecule has 2 rings (SSSR count). The molecule has 4 nitrogen and oxygen atoms in total. The maximum Gasteiger partial charge on any atom is 0.226 e. The Labute approximate surface area is 125 Å². The number of hydrogen-bond acceptors (Lipinski definition) is 5. The van der Waals surface area contributed by atoms with Gasteiger partial charge in [-0.05, 0) is 29.7 Å². The lowest BCUT2D eigenvalue weighted by Crippen LogP contribution is -2.14. The number of rotatable bonds is 6. The second-order valence-corrected chi connectivity index (χ2v) is 7.09. The molecule has 0 fully saturated rings. The zero-order chi connectivity index (χ0) is 14.6. The van der Waals surface area contributed by atoms with Crippen LogP contribution in [-0.4, -0.2) is 23.1 Å². The lowest BCUT2D eigenvalue weighted by Gasteiger charge is -2.18. The minimum absolute atomic E-state index is 0.330. The van der Waals surface area contributed by atoms with Gasteiger partial charge in [-0.2, -0.15) is 4.98 Å². The van der Waals surface area contributed by atoms with Crippen molar-refractivity contribution in [2.45, 2.75) is 40.5 Å². The highest BCUT2D eigenvalue weighted by Gasteiger charge is 2.12. The Hall–Kier alpha value is -1.36. The molecule has 20 heavy (non-hydrogen) atoms. The van der Waals surface area contributed by atoms with Crippen LogP contribution in [0, 0.1) is 5.41 Å². The van der Waals surface area contributed by atoms with E-state index >= 15 is 0 Å². The highest BCUT2D eigenvalue weighted by molar-refractivity contribution is 7.16. The molecule has 0 amide bonds. The number of aromatic nitrogens is 2. The molecule has 0 radical (unpaired) electrons. The second-order valence-electron chi connectivity index (χ2n) is 6.20. The van der Waals surface area contributed by atoms with Crippen molar-refractivity contribution >= 4 is 33.3 Å². The second kappa shape index (κ2) is 6.39. The predicted molar refractivity (Wildman–Crippen MR) is 88.8 cm³/mol. The molecule has 2 aromatic rings. The van der Waals surface area contributed by atoms with Gasteiger partial charge < -0.3 is 10.6 Å². The van der Waals surface area contributed by atoms with Crippen molar-refractivity contribution in [1.29, 1.82) is 0 Å². The molecule has 0 aliphatic heterocycles.